The van der Waals surface area contributed by atoms with E-state index in [1.54, 1.807) is 6.92 Å². The monoisotopic (exact) mass is 435 g/mol. The van der Waals surface area contributed by atoms with Gasteiger partial charge in [-0.1, -0.05) is 97.8 Å². The molecule has 0 amide bonds. The molecule has 0 fully saturated rings. The average Bonchev–Trinajstić information content (AvgIpc) is 2.66. The topological polar surface area (TPSA) is 87.0 Å². The molecule has 0 aliphatic heterocycles. The highest BCUT2D eigenvalue weighted by atomic mass is 16.4. The maximum atomic E-state index is 12.4. The lowest BCUT2D eigenvalue weighted by Gasteiger charge is -2.29. The number of carboxylic acid groups (broad SMARTS) is 1. The quantitative estimate of drug-likeness (QED) is 0.198. The van der Waals surface area contributed by atoms with Gasteiger partial charge in [0.05, 0.1) is 5.57 Å². The standard InChI is InChI=1S/C26H45NO4/c1-5-6-7-8-9-10-11-12-13-14-15-16-17-21(25(30)31)27-20(2)24-22(28)18-26(3,4)19-23(24)29/h21,28H,5-19H2,1-4H3,(H,30,31). The van der Waals surface area contributed by atoms with E-state index in [4.69, 9.17) is 0 Å². The lowest BCUT2D eigenvalue weighted by Crippen LogP contribution is -2.29. The highest BCUT2D eigenvalue weighted by molar-refractivity contribution is 6.22. The Balaban J connectivity index is 2.35. The van der Waals surface area contributed by atoms with Crippen molar-refractivity contribution in [1.82, 2.24) is 0 Å². The fourth-order valence-corrected chi connectivity index (χ4v) is 4.42. The van der Waals surface area contributed by atoms with E-state index in [1.165, 1.54) is 57.8 Å². The van der Waals surface area contributed by atoms with Crippen molar-refractivity contribution in [1.29, 1.82) is 0 Å². The molecule has 5 heteroatoms. The Morgan fingerprint density at radius 2 is 1.42 bits per heavy atom. The van der Waals surface area contributed by atoms with Gasteiger partial charge in [0.15, 0.2) is 5.78 Å². The van der Waals surface area contributed by atoms with Crippen molar-refractivity contribution in [3.63, 3.8) is 0 Å². The smallest absolute Gasteiger partial charge is 0.328 e. The first-order valence-electron chi connectivity index (χ1n) is 12.4. The normalized spacial score (nSPS) is 17.8. The van der Waals surface area contributed by atoms with Gasteiger partial charge in [-0.3, -0.25) is 9.79 Å². The first-order chi connectivity index (χ1) is 14.7. The molecule has 1 unspecified atom stereocenters. The van der Waals surface area contributed by atoms with Crippen molar-refractivity contribution in [2.24, 2.45) is 10.4 Å². The second kappa shape index (κ2) is 14.4. The molecule has 0 saturated carbocycles. The summed E-state index contributed by atoms with van der Waals surface area (Å²) in [4.78, 5) is 28.4. The third-order valence-corrected chi connectivity index (χ3v) is 6.18. The predicted octanol–water partition coefficient (Wildman–Crippen LogP) is 7.19. The zero-order valence-electron chi connectivity index (χ0n) is 20.3. The molecule has 0 heterocycles. The van der Waals surface area contributed by atoms with Crippen LogP contribution in [-0.4, -0.2) is 33.7 Å². The van der Waals surface area contributed by atoms with Crippen molar-refractivity contribution in [3.05, 3.63) is 11.3 Å². The van der Waals surface area contributed by atoms with Crippen LogP contribution in [0.3, 0.4) is 0 Å². The summed E-state index contributed by atoms with van der Waals surface area (Å²) in [5.74, 6) is -1.08. The van der Waals surface area contributed by atoms with Crippen LogP contribution in [0, 0.1) is 5.41 Å². The summed E-state index contributed by atoms with van der Waals surface area (Å²) in [5.41, 5.74) is 0.302. The minimum Gasteiger partial charge on any atom is -0.511 e. The first kappa shape index (κ1) is 27.4. The lowest BCUT2D eigenvalue weighted by atomic mass is 9.75. The highest BCUT2D eigenvalue weighted by Crippen LogP contribution is 2.36. The molecule has 1 atom stereocenters. The van der Waals surface area contributed by atoms with Gasteiger partial charge < -0.3 is 10.2 Å². The maximum Gasteiger partial charge on any atom is 0.328 e. The molecule has 0 radical (unpaired) electrons. The number of unbranched alkanes of at least 4 members (excludes halogenated alkanes) is 11. The van der Waals surface area contributed by atoms with E-state index in [-0.39, 0.29) is 22.5 Å². The fourth-order valence-electron chi connectivity index (χ4n) is 4.42. The van der Waals surface area contributed by atoms with Crippen molar-refractivity contribution in [3.8, 4) is 0 Å². The molecule has 0 spiro atoms. The molecule has 0 aromatic carbocycles. The number of hydrogen-bond acceptors (Lipinski definition) is 4. The summed E-state index contributed by atoms with van der Waals surface area (Å²) in [5, 5.41) is 19.9. The molecule has 5 nitrogen and oxygen atoms in total. The third kappa shape index (κ3) is 11.0. The number of ketones is 1. The van der Waals surface area contributed by atoms with Crippen LogP contribution in [0.4, 0.5) is 0 Å². The summed E-state index contributed by atoms with van der Waals surface area (Å²) < 4.78 is 0. The average molecular weight is 436 g/mol. The van der Waals surface area contributed by atoms with Gasteiger partial charge in [-0.25, -0.2) is 4.79 Å². The number of aliphatic imine (C=N–C) groups is 1. The maximum absolute atomic E-state index is 12.4. The number of Topliss-reactive ketones (excluding diaryl/α,β-unsaturated/α-hetero) is 1. The molecule has 0 saturated heterocycles. The van der Waals surface area contributed by atoms with Crippen molar-refractivity contribution < 1.29 is 19.8 Å². The number of carbonyl (C=O) groups excluding carboxylic acids is 1. The zero-order chi connectivity index (χ0) is 23.3. The van der Waals surface area contributed by atoms with E-state index in [2.05, 4.69) is 11.9 Å². The van der Waals surface area contributed by atoms with E-state index < -0.39 is 12.0 Å². The van der Waals surface area contributed by atoms with E-state index in [1.807, 2.05) is 13.8 Å². The minimum absolute atomic E-state index is 0.0389. The Bertz CT molecular complexity index is 633. The second-order valence-corrected chi connectivity index (χ2v) is 10.0. The summed E-state index contributed by atoms with van der Waals surface area (Å²) >= 11 is 0. The lowest BCUT2D eigenvalue weighted by molar-refractivity contribution is -0.138. The van der Waals surface area contributed by atoms with Crippen molar-refractivity contribution in [2.75, 3.05) is 0 Å². The van der Waals surface area contributed by atoms with Gasteiger partial charge in [0.1, 0.15) is 11.8 Å². The van der Waals surface area contributed by atoms with Gasteiger partial charge in [0.25, 0.3) is 0 Å². The van der Waals surface area contributed by atoms with E-state index in [0.717, 1.165) is 19.3 Å². The molecule has 2 N–H and O–H groups in total. The van der Waals surface area contributed by atoms with Crippen LogP contribution in [0.1, 0.15) is 124 Å². The molecule has 1 rings (SSSR count). The Morgan fingerprint density at radius 3 is 1.87 bits per heavy atom. The van der Waals surface area contributed by atoms with Crippen LogP contribution in [0.2, 0.25) is 0 Å². The van der Waals surface area contributed by atoms with Gasteiger partial charge in [-0.15, -0.1) is 0 Å². The van der Waals surface area contributed by atoms with Gasteiger partial charge in [-0.05, 0) is 18.8 Å². The minimum atomic E-state index is -0.967. The van der Waals surface area contributed by atoms with Gasteiger partial charge >= 0.3 is 5.97 Å². The molecule has 178 valence electrons. The molecular weight excluding hydrogens is 390 g/mol. The number of hydrogen-bond donors (Lipinski definition) is 2. The van der Waals surface area contributed by atoms with E-state index >= 15 is 0 Å². The second-order valence-electron chi connectivity index (χ2n) is 10.0. The van der Waals surface area contributed by atoms with Gasteiger partial charge in [0.2, 0.25) is 0 Å². The molecule has 0 aromatic rings. The van der Waals surface area contributed by atoms with E-state index in [9.17, 15) is 19.8 Å². The van der Waals surface area contributed by atoms with Crippen LogP contribution in [-0.2, 0) is 9.59 Å². The van der Waals surface area contributed by atoms with Gasteiger partial charge in [-0.2, -0.15) is 0 Å². The zero-order valence-corrected chi connectivity index (χ0v) is 20.3. The molecule has 0 bridgehead atoms. The van der Waals surface area contributed by atoms with Crippen LogP contribution in [0.25, 0.3) is 0 Å². The van der Waals surface area contributed by atoms with Crippen LogP contribution in [0.15, 0.2) is 16.3 Å². The predicted molar refractivity (Wildman–Crippen MR) is 128 cm³/mol. The van der Waals surface area contributed by atoms with E-state index in [0.29, 0.717) is 25.0 Å². The number of carboxylic acids is 1. The van der Waals surface area contributed by atoms with Crippen LogP contribution < -0.4 is 0 Å². The number of aliphatic hydroxyl groups excluding tert-OH is 1. The van der Waals surface area contributed by atoms with Crippen LogP contribution in [0.5, 0.6) is 0 Å². The Morgan fingerprint density at radius 1 is 0.935 bits per heavy atom. The fraction of sp³-hybridized carbons (Fsp3) is 0.808. The number of nitrogens with zero attached hydrogens (tertiary/aromatic N) is 1. The molecule has 1 aliphatic rings. The highest BCUT2D eigenvalue weighted by Gasteiger charge is 2.34. The number of aliphatic hydroxyl groups is 1. The Hall–Kier alpha value is -1.65. The van der Waals surface area contributed by atoms with Crippen LogP contribution >= 0.6 is 0 Å². The van der Waals surface area contributed by atoms with Crippen molar-refractivity contribution in [2.45, 2.75) is 130 Å². The summed E-state index contributed by atoms with van der Waals surface area (Å²) in [6.07, 6.45) is 16.0. The SMILES string of the molecule is CCCCCCCCCCCCCCC(N=C(C)C1=C(O)CC(C)(C)CC1=O)C(=O)O. The van der Waals surface area contributed by atoms with Crippen molar-refractivity contribution >= 4 is 17.5 Å². The molecule has 0 aromatic heterocycles. The Kier molecular flexibility index (Phi) is 12.7. The third-order valence-electron chi connectivity index (χ3n) is 6.18. The van der Waals surface area contributed by atoms with Gasteiger partial charge in [0, 0.05) is 18.6 Å². The number of allylic oxidation sites excluding steroid dienone is 2. The first-order valence-corrected chi connectivity index (χ1v) is 12.4. The number of rotatable bonds is 16. The molecule has 31 heavy (non-hydrogen) atoms. The largest absolute Gasteiger partial charge is 0.511 e. The summed E-state index contributed by atoms with van der Waals surface area (Å²) in [7, 11) is 0. The molecule has 1 aliphatic carbocycles. The summed E-state index contributed by atoms with van der Waals surface area (Å²) in [6.45, 7) is 7.77. The Labute approximate surface area is 189 Å². The molecular formula is C26H45NO4. The summed E-state index contributed by atoms with van der Waals surface area (Å²) in [6, 6.07) is -0.855. The number of carbonyl (C=O) groups is 2. The number of aliphatic carboxylic acids is 1.